The summed E-state index contributed by atoms with van der Waals surface area (Å²) in [6.45, 7) is 0. The molecule has 0 aliphatic carbocycles. The van der Waals surface area contributed by atoms with Crippen LogP contribution in [0.2, 0.25) is 0 Å². The Morgan fingerprint density at radius 3 is 1.57 bits per heavy atom. The number of hydrogen-bond donors (Lipinski definition) is 0. The Balaban J connectivity index is 1.17. The van der Waals surface area contributed by atoms with Gasteiger partial charge < -0.3 is 9.13 Å². The zero-order valence-corrected chi connectivity index (χ0v) is 26.9. The Kier molecular flexibility index (Phi) is 5.84. The molecule has 0 amide bonds. The number of nitrogens with zero attached hydrogens (tertiary/aromatic N) is 4. The first-order chi connectivity index (χ1) is 24.2. The Hall–Kier alpha value is -6.66. The summed E-state index contributed by atoms with van der Waals surface area (Å²) >= 11 is 1.78. The molecule has 0 fully saturated rings. The van der Waals surface area contributed by atoms with E-state index in [4.69, 9.17) is 0 Å². The van der Waals surface area contributed by atoms with Gasteiger partial charge in [-0.3, -0.25) is 0 Å². The number of nitriles is 2. The third-order valence-corrected chi connectivity index (χ3v) is 10.9. The summed E-state index contributed by atoms with van der Waals surface area (Å²) in [6.07, 6.45) is 0. The number of hydrogen-bond acceptors (Lipinski definition) is 3. The number of benzene rings is 7. The molecule has 0 unspecified atom stereocenters. The average molecular weight is 641 g/mol. The van der Waals surface area contributed by atoms with Crippen LogP contribution in [0.5, 0.6) is 0 Å². The lowest BCUT2D eigenvalue weighted by Crippen LogP contribution is -1.96. The minimum Gasteiger partial charge on any atom is -0.309 e. The molecule has 0 spiro atoms. The molecule has 49 heavy (non-hydrogen) atoms. The van der Waals surface area contributed by atoms with Crippen LogP contribution in [0.15, 0.2) is 146 Å². The second-order valence-electron chi connectivity index (χ2n) is 12.4. The van der Waals surface area contributed by atoms with Gasteiger partial charge >= 0.3 is 0 Å². The largest absolute Gasteiger partial charge is 0.309 e. The van der Waals surface area contributed by atoms with E-state index in [2.05, 4.69) is 143 Å². The maximum atomic E-state index is 9.61. The van der Waals surface area contributed by atoms with E-state index in [9.17, 15) is 10.5 Å². The highest BCUT2D eigenvalue weighted by Crippen LogP contribution is 2.41. The molecule has 0 saturated carbocycles. The maximum Gasteiger partial charge on any atom is 0.0991 e. The van der Waals surface area contributed by atoms with E-state index in [0.29, 0.717) is 11.1 Å². The summed E-state index contributed by atoms with van der Waals surface area (Å²) < 4.78 is 7.07. The molecular formula is C44H24N4S. The summed E-state index contributed by atoms with van der Waals surface area (Å²) in [6, 6.07) is 55.6. The number of rotatable bonds is 3. The lowest BCUT2D eigenvalue weighted by atomic mass is 10.0. The third kappa shape index (κ3) is 4.07. The second-order valence-corrected chi connectivity index (χ2v) is 13.5. The summed E-state index contributed by atoms with van der Waals surface area (Å²) in [5.74, 6) is 0. The zero-order valence-electron chi connectivity index (χ0n) is 26.1. The molecule has 0 bridgehead atoms. The van der Waals surface area contributed by atoms with Crippen molar-refractivity contribution in [3.8, 4) is 34.6 Å². The fourth-order valence-corrected chi connectivity index (χ4v) is 8.66. The Labute approximate surface area is 285 Å². The normalized spacial score (nSPS) is 11.6. The van der Waals surface area contributed by atoms with E-state index in [1.54, 1.807) is 11.3 Å². The van der Waals surface area contributed by atoms with Crippen molar-refractivity contribution in [2.24, 2.45) is 0 Å². The van der Waals surface area contributed by atoms with Crippen LogP contribution < -0.4 is 0 Å². The van der Waals surface area contributed by atoms with Crippen LogP contribution in [0.1, 0.15) is 11.1 Å². The molecule has 0 radical (unpaired) electrons. The van der Waals surface area contributed by atoms with E-state index in [1.807, 2.05) is 24.3 Å². The second kappa shape index (κ2) is 10.4. The number of para-hydroxylation sites is 2. The van der Waals surface area contributed by atoms with Gasteiger partial charge in [0.25, 0.3) is 0 Å². The first-order valence-electron chi connectivity index (χ1n) is 16.1. The molecule has 3 aromatic heterocycles. The van der Waals surface area contributed by atoms with Gasteiger partial charge in [-0.05, 0) is 96.1 Å². The Morgan fingerprint density at radius 1 is 0.388 bits per heavy atom. The van der Waals surface area contributed by atoms with Crippen molar-refractivity contribution >= 4 is 75.1 Å². The standard InChI is InChI=1S/C44H24N4S/c45-25-27-15-17-41-35(19-27)33-11-1-3-13-39(33)47(41)31-9-5-7-29(21-31)30-8-6-10-32(22-30)48-40-14-4-2-12-34(40)36-24-44-38(23-42(36)48)37-20-28(26-46)16-18-43(37)49-44/h1-24H. The van der Waals surface area contributed by atoms with E-state index >= 15 is 0 Å². The number of fused-ring (bicyclic) bond motifs is 9. The van der Waals surface area contributed by atoms with E-state index in [1.165, 1.54) is 25.6 Å². The van der Waals surface area contributed by atoms with Crippen LogP contribution in [0.25, 0.3) is 86.3 Å². The molecule has 0 N–H and O–H groups in total. The fourth-order valence-electron chi connectivity index (χ4n) is 7.56. The van der Waals surface area contributed by atoms with Crippen molar-refractivity contribution in [2.45, 2.75) is 0 Å². The van der Waals surface area contributed by atoms with Crippen LogP contribution in [-0.2, 0) is 0 Å². The topological polar surface area (TPSA) is 57.4 Å². The zero-order chi connectivity index (χ0) is 32.6. The minimum atomic E-state index is 0.658. The predicted molar refractivity (Wildman–Crippen MR) is 203 cm³/mol. The van der Waals surface area contributed by atoms with Gasteiger partial charge in [0.05, 0.1) is 45.3 Å². The first kappa shape index (κ1) is 27.5. The average Bonchev–Trinajstić information content (AvgIpc) is 3.80. The SMILES string of the molecule is N#Cc1ccc2sc3cc4c5ccccc5n(-c5cccc(-c6cccc(-n7c8ccccc8c8cc(C#N)ccc87)c6)c5)c4cc3c2c1. The molecule has 10 aromatic rings. The van der Waals surface area contributed by atoms with Crippen LogP contribution >= 0.6 is 11.3 Å². The molecule has 0 atom stereocenters. The summed E-state index contributed by atoms with van der Waals surface area (Å²) in [7, 11) is 0. The molecule has 5 heteroatoms. The van der Waals surface area contributed by atoms with Crippen LogP contribution in [0.4, 0.5) is 0 Å². The first-order valence-corrected chi connectivity index (χ1v) is 16.9. The minimum absolute atomic E-state index is 0.658. The van der Waals surface area contributed by atoms with Gasteiger partial charge in [0.2, 0.25) is 0 Å². The van der Waals surface area contributed by atoms with Crippen LogP contribution in [0.3, 0.4) is 0 Å². The Morgan fingerprint density at radius 2 is 0.918 bits per heavy atom. The van der Waals surface area contributed by atoms with Crippen LogP contribution in [-0.4, -0.2) is 9.13 Å². The fraction of sp³-hybridized carbons (Fsp3) is 0. The molecule has 10 rings (SSSR count). The van der Waals surface area contributed by atoms with Crippen LogP contribution in [0, 0.1) is 22.7 Å². The summed E-state index contributed by atoms with van der Waals surface area (Å²) in [5.41, 5.74) is 10.2. The smallest absolute Gasteiger partial charge is 0.0991 e. The highest BCUT2D eigenvalue weighted by Gasteiger charge is 2.17. The highest BCUT2D eigenvalue weighted by atomic mass is 32.1. The van der Waals surface area contributed by atoms with Crippen molar-refractivity contribution in [3.63, 3.8) is 0 Å². The third-order valence-electron chi connectivity index (χ3n) is 9.74. The van der Waals surface area contributed by atoms with Crippen molar-refractivity contribution in [1.82, 2.24) is 9.13 Å². The lowest BCUT2D eigenvalue weighted by Gasteiger charge is -2.13. The van der Waals surface area contributed by atoms with Crippen molar-refractivity contribution in [2.75, 3.05) is 0 Å². The van der Waals surface area contributed by atoms with E-state index < -0.39 is 0 Å². The van der Waals surface area contributed by atoms with E-state index in [-0.39, 0.29) is 0 Å². The van der Waals surface area contributed by atoms with Gasteiger partial charge in [-0.2, -0.15) is 10.5 Å². The number of thiophene rings is 1. The molecule has 0 saturated heterocycles. The summed E-state index contributed by atoms with van der Waals surface area (Å²) in [4.78, 5) is 0. The van der Waals surface area contributed by atoms with Gasteiger partial charge in [0.15, 0.2) is 0 Å². The molecule has 3 heterocycles. The van der Waals surface area contributed by atoms with Crippen molar-refractivity contribution in [1.29, 1.82) is 10.5 Å². The van der Waals surface area contributed by atoms with Crippen molar-refractivity contribution < 1.29 is 0 Å². The highest BCUT2D eigenvalue weighted by molar-refractivity contribution is 7.25. The van der Waals surface area contributed by atoms with Gasteiger partial charge in [-0.25, -0.2) is 0 Å². The lowest BCUT2D eigenvalue weighted by molar-refractivity contribution is 1.17. The molecule has 4 nitrogen and oxygen atoms in total. The van der Waals surface area contributed by atoms with Gasteiger partial charge in [0.1, 0.15) is 0 Å². The molecule has 226 valence electrons. The van der Waals surface area contributed by atoms with Gasteiger partial charge in [-0.15, -0.1) is 11.3 Å². The van der Waals surface area contributed by atoms with Crippen molar-refractivity contribution in [3.05, 3.63) is 157 Å². The van der Waals surface area contributed by atoms with E-state index in [0.717, 1.165) is 60.7 Å². The van der Waals surface area contributed by atoms with Gasteiger partial charge in [0, 0.05) is 53.1 Å². The Bertz CT molecular complexity index is 3090. The molecule has 7 aromatic carbocycles. The predicted octanol–water partition coefficient (Wildman–Crippen LogP) is 11.7. The van der Waals surface area contributed by atoms with Gasteiger partial charge in [-0.1, -0.05) is 60.7 Å². The summed E-state index contributed by atoms with van der Waals surface area (Å²) in [5, 5.41) is 26.1. The quantitative estimate of drug-likeness (QED) is 0.193. The molecule has 0 aliphatic rings. The maximum absolute atomic E-state index is 9.61. The monoisotopic (exact) mass is 640 g/mol. The molecular weight excluding hydrogens is 617 g/mol. The molecule has 0 aliphatic heterocycles. The number of aromatic nitrogens is 2.